The zero-order chi connectivity index (χ0) is 23.8. The first-order valence-corrected chi connectivity index (χ1v) is 10.6. The molecule has 0 bridgehead atoms. The molecule has 2 N–H and O–H groups in total. The van der Waals surface area contributed by atoms with Gasteiger partial charge in [0.25, 0.3) is 6.41 Å². The molecule has 3 amide bonds. The molecule has 0 radical (unpaired) electrons. The zero-order valence-electron chi connectivity index (χ0n) is 18.5. The number of hydrogen-bond donors (Lipinski definition) is 3. The van der Waals surface area contributed by atoms with Crippen molar-refractivity contribution in [2.45, 2.75) is 51.8 Å². The van der Waals surface area contributed by atoms with Crippen molar-refractivity contribution in [1.82, 2.24) is 9.96 Å². The predicted octanol–water partition coefficient (Wildman–Crippen LogP) is 1.89. The maximum absolute atomic E-state index is 12.6. The van der Waals surface area contributed by atoms with Crippen molar-refractivity contribution in [3.8, 4) is 0 Å². The molecule has 1 aromatic heterocycles. The predicted molar refractivity (Wildman–Crippen MR) is 117 cm³/mol. The van der Waals surface area contributed by atoms with Crippen LogP contribution in [0.5, 0.6) is 0 Å². The number of rotatable bonds is 13. The van der Waals surface area contributed by atoms with E-state index in [1.54, 1.807) is 4.90 Å². The van der Waals surface area contributed by atoms with E-state index in [9.17, 15) is 24.0 Å². The Morgan fingerprint density at radius 1 is 1.35 bits per heavy atom. The highest BCUT2D eigenvalue weighted by Gasteiger charge is 2.27. The van der Waals surface area contributed by atoms with Gasteiger partial charge in [-0.05, 0) is 30.6 Å². The summed E-state index contributed by atoms with van der Waals surface area (Å²) in [5.41, 5.74) is 0. The number of hydrogen-bond acceptors (Lipinski definition) is 6. The number of amides is 3. The molecule has 0 saturated heterocycles. The molecule has 1 heterocycles. The average molecular weight is 462 g/mol. The summed E-state index contributed by atoms with van der Waals surface area (Å²) in [6.45, 7) is 6.58. The highest BCUT2D eigenvalue weighted by molar-refractivity contribution is 7.80. The lowest BCUT2D eigenvalue weighted by atomic mass is 10.00. The lowest BCUT2D eigenvalue weighted by Gasteiger charge is -2.30. The second-order valence-electron chi connectivity index (χ2n) is 6.73. The van der Waals surface area contributed by atoms with Crippen LogP contribution in [0.2, 0.25) is 0 Å². The number of carbonyl (C=O) groups is 3. The summed E-state index contributed by atoms with van der Waals surface area (Å²) >= 11 is 4.33. The van der Waals surface area contributed by atoms with Crippen LogP contribution in [0.15, 0.2) is 18.3 Å². The molecule has 1 rings (SSSR count). The Hall–Kier alpha value is -2.40. The highest BCUT2D eigenvalue weighted by atomic mass is 32.1. The van der Waals surface area contributed by atoms with Crippen molar-refractivity contribution in [3.63, 3.8) is 0 Å². The van der Waals surface area contributed by atoms with Crippen molar-refractivity contribution in [1.29, 1.82) is 0 Å². The third-order valence-electron chi connectivity index (χ3n) is 4.27. The summed E-state index contributed by atoms with van der Waals surface area (Å²) in [6.07, 6.45) is 5.33. The average Bonchev–Trinajstić information content (AvgIpc) is 2.75. The minimum absolute atomic E-state index is 0.0429. The fourth-order valence-corrected chi connectivity index (χ4v) is 2.98. The van der Waals surface area contributed by atoms with Gasteiger partial charge in [0.2, 0.25) is 12.3 Å². The van der Waals surface area contributed by atoms with E-state index in [4.69, 9.17) is 4.84 Å². The maximum Gasteiger partial charge on any atom is 0.321 e. The van der Waals surface area contributed by atoms with E-state index >= 15 is 0 Å². The number of aromatic nitrogens is 1. The summed E-state index contributed by atoms with van der Waals surface area (Å²) < 4.78 is 13.7. The van der Waals surface area contributed by atoms with Crippen LogP contribution in [0.4, 0.5) is 10.2 Å². The first-order valence-electron chi connectivity index (χ1n) is 10.1. The summed E-state index contributed by atoms with van der Waals surface area (Å²) in [5, 5.41) is 12.0. The maximum atomic E-state index is 12.6. The minimum atomic E-state index is -0.437. The number of thiol groups is 1. The van der Waals surface area contributed by atoms with Gasteiger partial charge >= 0.3 is 5.82 Å². The Bertz CT molecular complexity index is 681. The number of pyridine rings is 1. The zero-order valence-corrected chi connectivity index (χ0v) is 19.4. The topological polar surface area (TPSA) is 103 Å². The summed E-state index contributed by atoms with van der Waals surface area (Å²) in [4.78, 5) is 39.4. The second kappa shape index (κ2) is 16.3. The van der Waals surface area contributed by atoms with Gasteiger partial charge in [0.05, 0.1) is 17.8 Å². The van der Waals surface area contributed by atoms with E-state index in [2.05, 4.69) is 17.9 Å². The van der Waals surface area contributed by atoms with E-state index in [1.807, 2.05) is 20.8 Å². The first-order chi connectivity index (χ1) is 14.7. The largest absolute Gasteiger partial charge is 0.339 e. The molecule has 1 aromatic rings. The second-order valence-corrected chi connectivity index (χ2v) is 7.48. The molecular formula is C20H34FN4O5S+. The van der Waals surface area contributed by atoms with Crippen molar-refractivity contribution in [2.75, 3.05) is 25.5 Å². The third kappa shape index (κ3) is 11.0. The fraction of sp³-hybridized carbons (Fsp3) is 0.600. The van der Waals surface area contributed by atoms with E-state index in [1.165, 1.54) is 19.2 Å². The monoisotopic (exact) mass is 461 g/mol. The molecule has 0 aliphatic rings. The number of nitrogens with one attached hydrogen (secondary N) is 1. The fourth-order valence-electron chi connectivity index (χ4n) is 2.75. The van der Waals surface area contributed by atoms with Gasteiger partial charge in [-0.2, -0.15) is 12.6 Å². The Kier molecular flexibility index (Phi) is 15.0. The minimum Gasteiger partial charge on any atom is -0.339 e. The van der Waals surface area contributed by atoms with Gasteiger partial charge in [0.1, 0.15) is 7.11 Å². The molecule has 0 aliphatic heterocycles. The van der Waals surface area contributed by atoms with Crippen molar-refractivity contribution >= 4 is 37.2 Å². The molecular weight excluding hydrogens is 427 g/mol. The van der Waals surface area contributed by atoms with Crippen LogP contribution >= 0.6 is 12.6 Å². The summed E-state index contributed by atoms with van der Waals surface area (Å²) in [7, 11) is 1.37. The number of halogens is 1. The molecule has 0 fully saturated rings. The molecule has 0 aromatic carbocycles. The van der Waals surface area contributed by atoms with E-state index in [0.29, 0.717) is 36.7 Å². The summed E-state index contributed by atoms with van der Waals surface area (Å²) in [6, 6.07) is 2.62. The molecule has 11 heteroatoms. The molecule has 31 heavy (non-hydrogen) atoms. The van der Waals surface area contributed by atoms with Gasteiger partial charge in [0, 0.05) is 12.6 Å². The molecule has 9 nitrogen and oxygen atoms in total. The molecule has 0 saturated carbocycles. The molecule has 176 valence electrons. The third-order valence-corrected chi connectivity index (χ3v) is 4.54. The Balaban J connectivity index is 0.000000639. The Morgan fingerprint density at radius 2 is 2.03 bits per heavy atom. The van der Waals surface area contributed by atoms with Crippen LogP contribution in [0.1, 0.15) is 46.5 Å². The van der Waals surface area contributed by atoms with Crippen LogP contribution < -0.4 is 14.9 Å². The van der Waals surface area contributed by atoms with Crippen LogP contribution in [0, 0.1) is 11.7 Å². The number of nitrogens with zero attached hydrogens (tertiary/aromatic N) is 3. The van der Waals surface area contributed by atoms with Gasteiger partial charge in [-0.25, -0.2) is 14.8 Å². The van der Waals surface area contributed by atoms with Crippen LogP contribution in [-0.2, 0) is 14.4 Å². The van der Waals surface area contributed by atoms with Gasteiger partial charge in [-0.15, -0.1) is 0 Å². The van der Waals surface area contributed by atoms with E-state index < -0.39 is 5.82 Å². The van der Waals surface area contributed by atoms with Gasteiger partial charge in [-0.1, -0.05) is 26.7 Å². The van der Waals surface area contributed by atoms with Gasteiger partial charge in [0.15, 0.2) is 12.0 Å². The lowest BCUT2D eigenvalue weighted by molar-refractivity contribution is -0.875. The van der Waals surface area contributed by atoms with Crippen molar-refractivity contribution < 1.29 is 33.5 Å². The number of hydroxylamine groups is 2. The van der Waals surface area contributed by atoms with Crippen LogP contribution in [-0.4, -0.2) is 59.5 Å². The normalized spacial score (nSPS) is 12.0. The van der Waals surface area contributed by atoms with E-state index in [-0.39, 0.29) is 23.7 Å². The number of unbranched alkanes of at least 4 members (excludes halogenated alkanes) is 1. The van der Waals surface area contributed by atoms with Gasteiger partial charge < -0.3 is 9.74 Å². The Morgan fingerprint density at radius 3 is 2.52 bits per heavy atom. The van der Waals surface area contributed by atoms with Crippen molar-refractivity contribution in [3.05, 3.63) is 24.1 Å². The quantitative estimate of drug-likeness (QED) is 0.104. The molecule has 2 unspecified atom stereocenters. The summed E-state index contributed by atoms with van der Waals surface area (Å²) in [5.74, 6) is -0.475. The SMILES string of the molecule is CCCCC(CN(O)C=O)C(=O)N(CCC)C(C)S.CO[n+]1cc(F)ccc1NC=O. The lowest BCUT2D eigenvalue weighted by Crippen LogP contribution is -2.43. The van der Waals surface area contributed by atoms with Gasteiger partial charge in [-0.3, -0.25) is 19.6 Å². The standard InChI is InChI=1S/C13H26N2O3S.C7H7FN2O2/c1-4-6-7-12(9-14(18)10-16)13(17)15(8-5-2)11(3)19;1-12-10-4-6(8)2-3-7(10)9-5-11/h10-12,18-19H,4-9H2,1-3H3;2-5H,1H3/p+1. The molecule has 0 spiro atoms. The first kappa shape index (κ1) is 28.6. The highest BCUT2D eigenvalue weighted by Crippen LogP contribution is 2.17. The van der Waals surface area contributed by atoms with Crippen LogP contribution in [0.3, 0.4) is 0 Å². The number of anilines is 1. The molecule has 2 atom stereocenters. The smallest absolute Gasteiger partial charge is 0.321 e. The number of carbonyl (C=O) groups excluding carboxylic acids is 3. The van der Waals surface area contributed by atoms with E-state index in [0.717, 1.165) is 30.2 Å². The Labute approximate surface area is 188 Å². The molecule has 0 aliphatic carbocycles. The van der Waals surface area contributed by atoms with Crippen molar-refractivity contribution in [2.24, 2.45) is 5.92 Å². The van der Waals surface area contributed by atoms with Crippen LogP contribution in [0.25, 0.3) is 0 Å².